The number of fused-ring (bicyclic) bond motifs is 1. The minimum absolute atomic E-state index is 0.216. The van der Waals surface area contributed by atoms with Gasteiger partial charge in [0.15, 0.2) is 5.13 Å². The number of hydrogen-bond donors (Lipinski definition) is 1. The second-order valence-electron chi connectivity index (χ2n) is 4.71. The van der Waals surface area contributed by atoms with E-state index in [2.05, 4.69) is 4.98 Å². The predicted octanol–water partition coefficient (Wildman–Crippen LogP) is 3.65. The van der Waals surface area contributed by atoms with Crippen molar-refractivity contribution < 1.29 is 4.39 Å². The summed E-state index contributed by atoms with van der Waals surface area (Å²) in [5.74, 6) is -0.216. The fourth-order valence-electron chi connectivity index (χ4n) is 2.02. The molecule has 0 fully saturated rings. The summed E-state index contributed by atoms with van der Waals surface area (Å²) >= 11 is 1.60. The Hall–Kier alpha value is -2.14. The van der Waals surface area contributed by atoms with E-state index in [1.54, 1.807) is 23.5 Å². The van der Waals surface area contributed by atoms with Crippen LogP contribution in [0.2, 0.25) is 0 Å². The van der Waals surface area contributed by atoms with Gasteiger partial charge in [0.05, 0.1) is 10.2 Å². The third-order valence-corrected chi connectivity index (χ3v) is 4.19. The first-order chi connectivity index (χ1) is 9.61. The van der Waals surface area contributed by atoms with Crippen LogP contribution in [0.1, 0.15) is 5.56 Å². The number of rotatable bonds is 3. The molecule has 3 nitrogen and oxygen atoms in total. The number of nitrogens with zero attached hydrogens (tertiary/aromatic N) is 2. The molecule has 0 amide bonds. The van der Waals surface area contributed by atoms with Crippen LogP contribution in [0.15, 0.2) is 42.5 Å². The molecule has 2 N–H and O–H groups in total. The van der Waals surface area contributed by atoms with Crippen LogP contribution >= 0.6 is 11.3 Å². The highest BCUT2D eigenvalue weighted by atomic mass is 32.1. The topological polar surface area (TPSA) is 42.2 Å². The van der Waals surface area contributed by atoms with Crippen LogP contribution in [-0.4, -0.2) is 12.0 Å². The molecule has 0 atom stereocenters. The van der Waals surface area contributed by atoms with Crippen LogP contribution in [0.4, 0.5) is 15.2 Å². The molecule has 0 aliphatic rings. The highest BCUT2D eigenvalue weighted by Gasteiger charge is 2.09. The van der Waals surface area contributed by atoms with Crippen LogP contribution in [-0.2, 0) is 6.54 Å². The van der Waals surface area contributed by atoms with Crippen molar-refractivity contribution in [3.63, 3.8) is 0 Å². The van der Waals surface area contributed by atoms with E-state index in [1.807, 2.05) is 30.1 Å². The summed E-state index contributed by atoms with van der Waals surface area (Å²) in [6.45, 7) is 0.690. The van der Waals surface area contributed by atoms with Crippen molar-refractivity contribution in [2.24, 2.45) is 0 Å². The molecule has 3 aromatic rings. The molecule has 0 aliphatic carbocycles. The number of benzene rings is 2. The zero-order valence-electron chi connectivity index (χ0n) is 11.0. The molecule has 3 rings (SSSR count). The number of halogens is 1. The lowest BCUT2D eigenvalue weighted by Gasteiger charge is -2.15. The number of anilines is 2. The van der Waals surface area contributed by atoms with E-state index in [-0.39, 0.29) is 5.82 Å². The predicted molar refractivity (Wildman–Crippen MR) is 82.5 cm³/mol. The zero-order valence-corrected chi connectivity index (χ0v) is 11.8. The monoisotopic (exact) mass is 287 g/mol. The minimum atomic E-state index is -0.216. The Kier molecular flexibility index (Phi) is 3.28. The van der Waals surface area contributed by atoms with Crippen molar-refractivity contribution in [3.8, 4) is 0 Å². The van der Waals surface area contributed by atoms with Gasteiger partial charge >= 0.3 is 0 Å². The number of nitrogens with two attached hydrogens (primary N) is 1. The molecular formula is C15H14FN3S. The zero-order chi connectivity index (χ0) is 14.1. The number of thiazole rings is 1. The molecule has 1 aromatic heterocycles. The maximum atomic E-state index is 12.9. The lowest BCUT2D eigenvalue weighted by atomic mass is 10.2. The van der Waals surface area contributed by atoms with Crippen molar-refractivity contribution in [1.29, 1.82) is 0 Å². The van der Waals surface area contributed by atoms with Crippen molar-refractivity contribution in [2.75, 3.05) is 17.7 Å². The molecule has 2 aromatic carbocycles. The molecule has 0 radical (unpaired) electrons. The number of aromatic nitrogens is 1. The first kappa shape index (κ1) is 12.9. The maximum absolute atomic E-state index is 12.9. The van der Waals surface area contributed by atoms with Gasteiger partial charge in [0, 0.05) is 19.3 Å². The minimum Gasteiger partial charge on any atom is -0.399 e. The summed E-state index contributed by atoms with van der Waals surface area (Å²) in [7, 11) is 1.98. The van der Waals surface area contributed by atoms with Gasteiger partial charge in [-0.1, -0.05) is 23.5 Å². The Bertz CT molecular complexity index is 736. The van der Waals surface area contributed by atoms with E-state index in [9.17, 15) is 4.39 Å². The van der Waals surface area contributed by atoms with Gasteiger partial charge in [0.25, 0.3) is 0 Å². The molecule has 0 saturated carbocycles. The summed E-state index contributed by atoms with van der Waals surface area (Å²) in [5.41, 5.74) is 8.52. The molecule has 5 heteroatoms. The van der Waals surface area contributed by atoms with Crippen LogP contribution in [0.5, 0.6) is 0 Å². The van der Waals surface area contributed by atoms with E-state index in [0.717, 1.165) is 26.6 Å². The van der Waals surface area contributed by atoms with Gasteiger partial charge < -0.3 is 10.6 Å². The molecule has 0 bridgehead atoms. The van der Waals surface area contributed by atoms with Gasteiger partial charge in [-0.3, -0.25) is 0 Å². The SMILES string of the molecule is CN(Cc1ccc(F)cc1)c1nc2ccc(N)cc2s1. The maximum Gasteiger partial charge on any atom is 0.186 e. The van der Waals surface area contributed by atoms with Crippen LogP contribution in [0, 0.1) is 5.82 Å². The standard InChI is InChI=1S/C15H14FN3S/c1-19(9-10-2-4-11(16)5-3-10)15-18-13-7-6-12(17)8-14(13)20-15/h2-8H,9,17H2,1H3. The Morgan fingerprint density at radius 1 is 1.20 bits per heavy atom. The third-order valence-electron chi connectivity index (χ3n) is 3.06. The molecule has 0 unspecified atom stereocenters. The van der Waals surface area contributed by atoms with E-state index in [4.69, 9.17) is 5.73 Å². The van der Waals surface area contributed by atoms with E-state index >= 15 is 0 Å². The fourth-order valence-corrected chi connectivity index (χ4v) is 3.00. The molecular weight excluding hydrogens is 273 g/mol. The van der Waals surface area contributed by atoms with E-state index < -0.39 is 0 Å². The first-order valence-electron chi connectivity index (χ1n) is 6.23. The Labute approximate surface area is 120 Å². The van der Waals surface area contributed by atoms with Gasteiger partial charge in [0.2, 0.25) is 0 Å². The molecule has 20 heavy (non-hydrogen) atoms. The second kappa shape index (κ2) is 5.09. The normalized spacial score (nSPS) is 10.9. The average Bonchev–Trinajstić information content (AvgIpc) is 2.84. The molecule has 1 heterocycles. The fraction of sp³-hybridized carbons (Fsp3) is 0.133. The Morgan fingerprint density at radius 3 is 2.70 bits per heavy atom. The second-order valence-corrected chi connectivity index (χ2v) is 5.72. The summed E-state index contributed by atoms with van der Waals surface area (Å²) < 4.78 is 14.0. The van der Waals surface area contributed by atoms with Crippen LogP contribution in [0.25, 0.3) is 10.2 Å². The first-order valence-corrected chi connectivity index (χ1v) is 7.05. The lowest BCUT2D eigenvalue weighted by molar-refractivity contribution is 0.627. The highest BCUT2D eigenvalue weighted by Crippen LogP contribution is 2.30. The smallest absolute Gasteiger partial charge is 0.186 e. The quantitative estimate of drug-likeness (QED) is 0.748. The van der Waals surface area contributed by atoms with Crippen LogP contribution < -0.4 is 10.6 Å². The van der Waals surface area contributed by atoms with Gasteiger partial charge in [-0.15, -0.1) is 0 Å². The highest BCUT2D eigenvalue weighted by molar-refractivity contribution is 7.22. The van der Waals surface area contributed by atoms with E-state index in [1.165, 1.54) is 12.1 Å². The summed E-state index contributed by atoms with van der Waals surface area (Å²) in [4.78, 5) is 6.63. The van der Waals surface area contributed by atoms with Crippen molar-refractivity contribution in [2.45, 2.75) is 6.54 Å². The number of nitrogen functional groups attached to an aromatic ring is 1. The summed E-state index contributed by atoms with van der Waals surface area (Å²) in [6.07, 6.45) is 0. The Morgan fingerprint density at radius 2 is 1.95 bits per heavy atom. The summed E-state index contributed by atoms with van der Waals surface area (Å²) in [6, 6.07) is 12.2. The summed E-state index contributed by atoms with van der Waals surface area (Å²) in [5, 5.41) is 0.926. The molecule has 102 valence electrons. The van der Waals surface area contributed by atoms with Crippen molar-refractivity contribution in [1.82, 2.24) is 4.98 Å². The van der Waals surface area contributed by atoms with Crippen molar-refractivity contribution in [3.05, 3.63) is 53.8 Å². The van der Waals surface area contributed by atoms with Crippen LogP contribution in [0.3, 0.4) is 0 Å². The molecule has 0 saturated heterocycles. The molecule has 0 spiro atoms. The van der Waals surface area contributed by atoms with Crippen molar-refractivity contribution >= 4 is 32.4 Å². The van der Waals surface area contributed by atoms with Gasteiger partial charge in [-0.05, 0) is 35.9 Å². The largest absolute Gasteiger partial charge is 0.399 e. The number of hydrogen-bond acceptors (Lipinski definition) is 4. The van der Waals surface area contributed by atoms with Gasteiger partial charge in [-0.25, -0.2) is 9.37 Å². The third kappa shape index (κ3) is 2.58. The lowest BCUT2D eigenvalue weighted by Crippen LogP contribution is -2.15. The van der Waals surface area contributed by atoms with E-state index in [0.29, 0.717) is 6.54 Å². The van der Waals surface area contributed by atoms with Gasteiger partial charge in [-0.2, -0.15) is 0 Å². The molecule has 0 aliphatic heterocycles. The van der Waals surface area contributed by atoms with Gasteiger partial charge in [0.1, 0.15) is 5.82 Å². The Balaban J connectivity index is 1.84. The average molecular weight is 287 g/mol.